The van der Waals surface area contributed by atoms with Crippen LogP contribution in [0.4, 0.5) is 11.5 Å². The lowest BCUT2D eigenvalue weighted by molar-refractivity contribution is 0.586. The number of aromatic nitrogens is 1. The van der Waals surface area contributed by atoms with Crippen molar-refractivity contribution in [3.63, 3.8) is 0 Å². The third-order valence-electron chi connectivity index (χ3n) is 4.61. The molecule has 0 unspecified atom stereocenters. The summed E-state index contributed by atoms with van der Waals surface area (Å²) in [4.78, 5) is 9.69. The fraction of sp³-hybridized carbons (Fsp3) is 0.471. The summed E-state index contributed by atoms with van der Waals surface area (Å²) < 4.78 is 0. The highest BCUT2D eigenvalue weighted by Crippen LogP contribution is 2.35. The summed E-state index contributed by atoms with van der Waals surface area (Å²) in [6.07, 6.45) is 4.56. The molecule has 0 atom stereocenters. The Morgan fingerprint density at radius 1 is 0.905 bits per heavy atom. The smallest absolute Gasteiger partial charge is 0.138 e. The van der Waals surface area contributed by atoms with Gasteiger partial charge in [-0.2, -0.15) is 0 Å². The fourth-order valence-electron chi connectivity index (χ4n) is 3.53. The van der Waals surface area contributed by atoms with E-state index in [1.807, 2.05) is 6.20 Å². The molecule has 0 bridgehead atoms. The van der Waals surface area contributed by atoms with Gasteiger partial charge < -0.3 is 15.1 Å². The minimum absolute atomic E-state index is 1.04. The molecule has 0 radical (unpaired) electrons. The van der Waals surface area contributed by atoms with E-state index < -0.39 is 0 Å². The summed E-state index contributed by atoms with van der Waals surface area (Å²) in [6, 6.07) is 8.79. The molecule has 21 heavy (non-hydrogen) atoms. The van der Waals surface area contributed by atoms with E-state index in [0.29, 0.717) is 0 Å². The van der Waals surface area contributed by atoms with Gasteiger partial charge in [-0.1, -0.05) is 12.1 Å². The first-order valence-electron chi connectivity index (χ1n) is 8.02. The Labute approximate surface area is 125 Å². The van der Waals surface area contributed by atoms with Crippen LogP contribution in [0.15, 0.2) is 30.5 Å². The lowest BCUT2D eigenvalue weighted by Crippen LogP contribution is -2.44. The highest BCUT2D eigenvalue weighted by molar-refractivity contribution is 6.02. The maximum atomic E-state index is 4.73. The first-order chi connectivity index (χ1) is 10.4. The van der Waals surface area contributed by atoms with E-state index >= 15 is 0 Å². The number of rotatable bonds is 2. The van der Waals surface area contributed by atoms with Crippen LogP contribution in [0.5, 0.6) is 0 Å². The molecule has 0 saturated carbocycles. The predicted octanol–water partition coefficient (Wildman–Crippen LogP) is 2.24. The monoisotopic (exact) mass is 282 g/mol. The Morgan fingerprint density at radius 3 is 2.52 bits per heavy atom. The summed E-state index contributed by atoms with van der Waals surface area (Å²) in [6.45, 7) is 6.53. The number of piperazine rings is 1. The molecule has 2 aliphatic rings. The summed E-state index contributed by atoms with van der Waals surface area (Å²) in [5.41, 5.74) is 1.37. The number of nitrogens with one attached hydrogen (secondary N) is 1. The van der Waals surface area contributed by atoms with Crippen LogP contribution >= 0.6 is 0 Å². The highest BCUT2D eigenvalue weighted by atomic mass is 15.2. The standard InChI is InChI=1S/C17H22N4/c1-2-11-20(10-1)15-5-3-4-14-6-7-19-17(16(14)15)21-12-8-18-9-13-21/h3-7,18H,1-2,8-13H2. The summed E-state index contributed by atoms with van der Waals surface area (Å²) in [7, 11) is 0. The molecule has 4 nitrogen and oxygen atoms in total. The normalized spacial score (nSPS) is 19.4. The molecule has 3 heterocycles. The van der Waals surface area contributed by atoms with Crippen molar-refractivity contribution in [3.05, 3.63) is 30.5 Å². The zero-order chi connectivity index (χ0) is 14.1. The van der Waals surface area contributed by atoms with Gasteiger partial charge in [0, 0.05) is 56.5 Å². The molecule has 4 heteroatoms. The van der Waals surface area contributed by atoms with Gasteiger partial charge in [-0.25, -0.2) is 4.98 Å². The zero-order valence-corrected chi connectivity index (χ0v) is 12.4. The number of anilines is 2. The van der Waals surface area contributed by atoms with Crippen LogP contribution in [0, 0.1) is 0 Å². The number of fused-ring (bicyclic) bond motifs is 1. The maximum absolute atomic E-state index is 4.73. The third kappa shape index (κ3) is 2.33. The summed E-state index contributed by atoms with van der Waals surface area (Å²) >= 11 is 0. The molecule has 0 aliphatic carbocycles. The van der Waals surface area contributed by atoms with Crippen molar-refractivity contribution in [3.8, 4) is 0 Å². The van der Waals surface area contributed by atoms with Crippen molar-refractivity contribution in [1.29, 1.82) is 0 Å². The molecule has 2 fully saturated rings. The topological polar surface area (TPSA) is 31.4 Å². The Balaban J connectivity index is 1.85. The number of hydrogen-bond acceptors (Lipinski definition) is 4. The molecule has 0 spiro atoms. The molecule has 2 aliphatic heterocycles. The minimum Gasteiger partial charge on any atom is -0.371 e. The third-order valence-corrected chi connectivity index (χ3v) is 4.61. The average Bonchev–Trinajstić information content (AvgIpc) is 3.09. The van der Waals surface area contributed by atoms with Crippen LogP contribution in [-0.4, -0.2) is 44.3 Å². The fourth-order valence-corrected chi connectivity index (χ4v) is 3.53. The van der Waals surface area contributed by atoms with E-state index in [1.54, 1.807) is 0 Å². The van der Waals surface area contributed by atoms with Crippen molar-refractivity contribution in [2.45, 2.75) is 12.8 Å². The van der Waals surface area contributed by atoms with Crippen molar-refractivity contribution in [2.75, 3.05) is 49.1 Å². The second-order valence-electron chi connectivity index (χ2n) is 5.94. The number of hydrogen-bond donors (Lipinski definition) is 1. The molecule has 4 rings (SSSR count). The minimum atomic E-state index is 1.04. The maximum Gasteiger partial charge on any atom is 0.138 e. The van der Waals surface area contributed by atoms with Gasteiger partial charge in [0.05, 0.1) is 0 Å². The molecule has 0 amide bonds. The van der Waals surface area contributed by atoms with Crippen LogP contribution in [-0.2, 0) is 0 Å². The van der Waals surface area contributed by atoms with Crippen molar-refractivity contribution in [1.82, 2.24) is 10.3 Å². The van der Waals surface area contributed by atoms with Crippen molar-refractivity contribution in [2.24, 2.45) is 0 Å². The SMILES string of the molecule is c1cc(N2CCCC2)c2c(N3CCNCC3)nccc2c1. The van der Waals surface area contributed by atoms with Crippen LogP contribution in [0.3, 0.4) is 0 Å². The van der Waals surface area contributed by atoms with E-state index in [4.69, 9.17) is 4.98 Å². The Bertz CT molecular complexity index is 622. The van der Waals surface area contributed by atoms with Gasteiger partial charge >= 0.3 is 0 Å². The van der Waals surface area contributed by atoms with Crippen LogP contribution in [0.25, 0.3) is 10.8 Å². The largest absolute Gasteiger partial charge is 0.371 e. The van der Waals surface area contributed by atoms with Gasteiger partial charge in [0.15, 0.2) is 0 Å². The van der Waals surface area contributed by atoms with E-state index in [-0.39, 0.29) is 0 Å². The first kappa shape index (κ1) is 12.9. The molecule has 2 saturated heterocycles. The summed E-state index contributed by atoms with van der Waals surface area (Å²) in [5.74, 6) is 1.16. The van der Waals surface area contributed by atoms with Gasteiger partial charge in [-0.3, -0.25) is 0 Å². The van der Waals surface area contributed by atoms with Gasteiger partial charge in [0.2, 0.25) is 0 Å². The quantitative estimate of drug-likeness (QED) is 0.915. The predicted molar refractivity (Wildman–Crippen MR) is 88.3 cm³/mol. The Morgan fingerprint density at radius 2 is 1.71 bits per heavy atom. The molecule has 110 valence electrons. The van der Waals surface area contributed by atoms with Gasteiger partial charge in [0.25, 0.3) is 0 Å². The van der Waals surface area contributed by atoms with Gasteiger partial charge in [0.1, 0.15) is 5.82 Å². The molecular weight excluding hydrogens is 260 g/mol. The number of nitrogens with zero attached hydrogens (tertiary/aromatic N) is 3. The summed E-state index contributed by atoms with van der Waals surface area (Å²) in [5, 5.41) is 6.07. The highest BCUT2D eigenvalue weighted by Gasteiger charge is 2.20. The molecule has 1 aromatic heterocycles. The molecule has 1 N–H and O–H groups in total. The lowest BCUT2D eigenvalue weighted by atomic mass is 10.1. The average molecular weight is 282 g/mol. The Hall–Kier alpha value is -1.81. The van der Waals surface area contributed by atoms with Crippen LogP contribution < -0.4 is 15.1 Å². The number of pyridine rings is 1. The zero-order valence-electron chi connectivity index (χ0n) is 12.4. The van der Waals surface area contributed by atoms with E-state index in [2.05, 4.69) is 39.4 Å². The molecular formula is C17H22N4. The van der Waals surface area contributed by atoms with Crippen LogP contribution in [0.1, 0.15) is 12.8 Å². The second kappa shape index (κ2) is 5.53. The van der Waals surface area contributed by atoms with E-state index in [0.717, 1.165) is 32.0 Å². The van der Waals surface area contributed by atoms with Gasteiger partial charge in [-0.15, -0.1) is 0 Å². The van der Waals surface area contributed by atoms with Crippen molar-refractivity contribution >= 4 is 22.3 Å². The number of benzene rings is 1. The van der Waals surface area contributed by atoms with Gasteiger partial charge in [-0.05, 0) is 30.4 Å². The molecule has 2 aromatic rings. The second-order valence-corrected chi connectivity index (χ2v) is 5.94. The van der Waals surface area contributed by atoms with Crippen molar-refractivity contribution < 1.29 is 0 Å². The molecule has 1 aromatic carbocycles. The van der Waals surface area contributed by atoms with E-state index in [9.17, 15) is 0 Å². The first-order valence-corrected chi connectivity index (χ1v) is 8.02. The van der Waals surface area contributed by atoms with Crippen LogP contribution in [0.2, 0.25) is 0 Å². The lowest BCUT2D eigenvalue weighted by Gasteiger charge is -2.31. The Kier molecular flexibility index (Phi) is 3.39. The van der Waals surface area contributed by atoms with E-state index in [1.165, 1.54) is 42.4 Å².